The highest BCUT2D eigenvalue weighted by Gasteiger charge is 2.02. The second kappa shape index (κ2) is 5.63. The van der Waals surface area contributed by atoms with E-state index in [0.717, 1.165) is 21.6 Å². The molecule has 0 unspecified atom stereocenters. The molecule has 88 valence electrons. The van der Waals surface area contributed by atoms with E-state index in [4.69, 9.17) is 4.74 Å². The first kappa shape index (κ1) is 11.9. The van der Waals surface area contributed by atoms with Gasteiger partial charge in [0.05, 0.1) is 31.2 Å². The first-order chi connectivity index (χ1) is 8.29. The van der Waals surface area contributed by atoms with E-state index in [1.807, 2.05) is 18.2 Å². The Labute approximate surface area is 108 Å². The average Bonchev–Trinajstić information content (AvgIpc) is 2.39. The fourth-order valence-corrected chi connectivity index (χ4v) is 1.76. The summed E-state index contributed by atoms with van der Waals surface area (Å²) >= 11 is 3.48. The standard InChI is InChI=1S/C12H12BrN3O/c1-17-10-2-3-11(13)12(6-10)16-8-9-7-14-4-5-15-9/h2-7,16H,8H2,1H3. The van der Waals surface area contributed by atoms with Crippen molar-refractivity contribution >= 4 is 21.6 Å². The Morgan fingerprint density at radius 1 is 1.35 bits per heavy atom. The zero-order valence-corrected chi connectivity index (χ0v) is 10.9. The monoisotopic (exact) mass is 293 g/mol. The number of benzene rings is 1. The number of ether oxygens (including phenoxy) is 1. The van der Waals surface area contributed by atoms with Crippen LogP contribution >= 0.6 is 15.9 Å². The molecule has 0 atom stereocenters. The maximum Gasteiger partial charge on any atom is 0.121 e. The molecule has 1 aromatic carbocycles. The van der Waals surface area contributed by atoms with Crippen LogP contribution in [-0.4, -0.2) is 17.1 Å². The van der Waals surface area contributed by atoms with Gasteiger partial charge in [-0.2, -0.15) is 0 Å². The smallest absolute Gasteiger partial charge is 0.121 e. The third-order valence-corrected chi connectivity index (χ3v) is 2.94. The van der Waals surface area contributed by atoms with Gasteiger partial charge in [0, 0.05) is 22.9 Å². The van der Waals surface area contributed by atoms with Crippen LogP contribution in [0.1, 0.15) is 5.69 Å². The number of hydrogen-bond donors (Lipinski definition) is 1. The van der Waals surface area contributed by atoms with Gasteiger partial charge in [-0.05, 0) is 28.1 Å². The quantitative estimate of drug-likeness (QED) is 0.942. The number of rotatable bonds is 4. The Morgan fingerprint density at radius 3 is 2.94 bits per heavy atom. The molecule has 0 bridgehead atoms. The SMILES string of the molecule is COc1ccc(Br)c(NCc2cnccn2)c1. The minimum atomic E-state index is 0.625. The topological polar surface area (TPSA) is 47.0 Å². The molecule has 0 radical (unpaired) electrons. The van der Waals surface area contributed by atoms with Gasteiger partial charge in [-0.25, -0.2) is 0 Å². The number of nitrogens with zero attached hydrogens (tertiary/aromatic N) is 2. The zero-order valence-electron chi connectivity index (χ0n) is 9.35. The van der Waals surface area contributed by atoms with Crippen molar-refractivity contribution in [2.24, 2.45) is 0 Å². The van der Waals surface area contributed by atoms with Gasteiger partial charge in [-0.15, -0.1) is 0 Å². The maximum atomic E-state index is 5.17. The van der Waals surface area contributed by atoms with E-state index >= 15 is 0 Å². The lowest BCUT2D eigenvalue weighted by Crippen LogP contribution is -2.02. The number of halogens is 1. The minimum absolute atomic E-state index is 0.625. The summed E-state index contributed by atoms with van der Waals surface area (Å²) in [5.74, 6) is 0.815. The highest BCUT2D eigenvalue weighted by Crippen LogP contribution is 2.27. The number of aromatic nitrogens is 2. The molecule has 0 fully saturated rings. The largest absolute Gasteiger partial charge is 0.497 e. The van der Waals surface area contributed by atoms with E-state index < -0.39 is 0 Å². The number of methoxy groups -OCH3 is 1. The van der Waals surface area contributed by atoms with Crippen LogP contribution < -0.4 is 10.1 Å². The zero-order chi connectivity index (χ0) is 12.1. The normalized spacial score (nSPS) is 10.0. The van der Waals surface area contributed by atoms with Crippen LogP contribution in [0.15, 0.2) is 41.3 Å². The fraction of sp³-hybridized carbons (Fsp3) is 0.167. The number of nitrogens with one attached hydrogen (secondary N) is 1. The summed E-state index contributed by atoms with van der Waals surface area (Å²) in [7, 11) is 1.65. The predicted octanol–water partition coefficient (Wildman–Crippen LogP) is 2.86. The molecule has 0 amide bonds. The highest BCUT2D eigenvalue weighted by molar-refractivity contribution is 9.10. The van der Waals surface area contributed by atoms with Crippen molar-refractivity contribution in [3.63, 3.8) is 0 Å². The predicted molar refractivity (Wildman–Crippen MR) is 70.1 cm³/mol. The van der Waals surface area contributed by atoms with Crippen LogP contribution in [-0.2, 0) is 6.54 Å². The second-order valence-electron chi connectivity index (χ2n) is 3.40. The molecule has 1 aromatic heterocycles. The summed E-state index contributed by atoms with van der Waals surface area (Å²) in [6.07, 6.45) is 5.07. The van der Waals surface area contributed by atoms with Gasteiger partial charge in [-0.1, -0.05) is 0 Å². The molecule has 5 heteroatoms. The molecule has 0 aliphatic rings. The lowest BCUT2D eigenvalue weighted by Gasteiger charge is -2.09. The molecule has 4 nitrogen and oxygen atoms in total. The number of anilines is 1. The van der Waals surface area contributed by atoms with Crippen molar-refractivity contribution in [3.05, 3.63) is 47.0 Å². The van der Waals surface area contributed by atoms with E-state index in [-0.39, 0.29) is 0 Å². The van der Waals surface area contributed by atoms with Gasteiger partial charge in [0.25, 0.3) is 0 Å². The van der Waals surface area contributed by atoms with Gasteiger partial charge in [0.2, 0.25) is 0 Å². The van der Waals surface area contributed by atoms with Crippen molar-refractivity contribution in [3.8, 4) is 5.75 Å². The molecular formula is C12H12BrN3O. The van der Waals surface area contributed by atoms with Crippen LogP contribution in [0.3, 0.4) is 0 Å². The molecule has 0 saturated heterocycles. The van der Waals surface area contributed by atoms with Crippen molar-refractivity contribution in [2.75, 3.05) is 12.4 Å². The van der Waals surface area contributed by atoms with Gasteiger partial charge in [-0.3, -0.25) is 9.97 Å². The van der Waals surface area contributed by atoms with Gasteiger partial charge in [0.1, 0.15) is 5.75 Å². The highest BCUT2D eigenvalue weighted by atomic mass is 79.9. The third kappa shape index (κ3) is 3.17. The molecule has 2 rings (SSSR count). The van der Waals surface area contributed by atoms with Crippen LogP contribution in [0.2, 0.25) is 0 Å². The summed E-state index contributed by atoms with van der Waals surface area (Å²) in [6, 6.07) is 5.77. The van der Waals surface area contributed by atoms with Gasteiger partial charge in [0.15, 0.2) is 0 Å². The Bertz CT molecular complexity index is 490. The first-order valence-electron chi connectivity index (χ1n) is 5.12. The van der Waals surface area contributed by atoms with Crippen molar-refractivity contribution in [1.82, 2.24) is 9.97 Å². The molecule has 17 heavy (non-hydrogen) atoms. The molecule has 2 aromatic rings. The Hall–Kier alpha value is -1.62. The van der Waals surface area contributed by atoms with Crippen molar-refractivity contribution in [1.29, 1.82) is 0 Å². The van der Waals surface area contributed by atoms with Crippen molar-refractivity contribution in [2.45, 2.75) is 6.54 Å². The van der Waals surface area contributed by atoms with E-state index in [9.17, 15) is 0 Å². The Morgan fingerprint density at radius 2 is 2.24 bits per heavy atom. The fourth-order valence-electron chi connectivity index (χ4n) is 1.37. The van der Waals surface area contributed by atoms with E-state index in [1.165, 1.54) is 0 Å². The lowest BCUT2D eigenvalue weighted by atomic mass is 10.3. The molecule has 0 aliphatic heterocycles. The van der Waals surface area contributed by atoms with E-state index in [1.54, 1.807) is 25.7 Å². The summed E-state index contributed by atoms with van der Waals surface area (Å²) in [6.45, 7) is 0.625. The summed E-state index contributed by atoms with van der Waals surface area (Å²) in [5.41, 5.74) is 1.86. The Kier molecular flexibility index (Phi) is 3.93. The lowest BCUT2D eigenvalue weighted by molar-refractivity contribution is 0.415. The molecular weight excluding hydrogens is 282 g/mol. The molecule has 0 spiro atoms. The molecule has 1 N–H and O–H groups in total. The summed E-state index contributed by atoms with van der Waals surface area (Å²) in [5, 5.41) is 3.27. The summed E-state index contributed by atoms with van der Waals surface area (Å²) < 4.78 is 6.16. The van der Waals surface area contributed by atoms with Crippen LogP contribution in [0.25, 0.3) is 0 Å². The number of hydrogen-bond acceptors (Lipinski definition) is 4. The van der Waals surface area contributed by atoms with Crippen LogP contribution in [0, 0.1) is 0 Å². The minimum Gasteiger partial charge on any atom is -0.497 e. The van der Waals surface area contributed by atoms with Crippen LogP contribution in [0.4, 0.5) is 5.69 Å². The molecule has 0 aliphatic carbocycles. The second-order valence-corrected chi connectivity index (χ2v) is 4.25. The van der Waals surface area contributed by atoms with Gasteiger partial charge >= 0.3 is 0 Å². The molecule has 1 heterocycles. The van der Waals surface area contributed by atoms with Crippen LogP contribution in [0.5, 0.6) is 5.75 Å². The summed E-state index contributed by atoms with van der Waals surface area (Å²) in [4.78, 5) is 8.21. The maximum absolute atomic E-state index is 5.17. The Balaban J connectivity index is 2.08. The first-order valence-corrected chi connectivity index (χ1v) is 5.91. The average molecular weight is 294 g/mol. The van der Waals surface area contributed by atoms with E-state index in [0.29, 0.717) is 6.54 Å². The van der Waals surface area contributed by atoms with Gasteiger partial charge < -0.3 is 10.1 Å². The van der Waals surface area contributed by atoms with Crippen molar-refractivity contribution < 1.29 is 4.74 Å². The van der Waals surface area contributed by atoms with E-state index in [2.05, 4.69) is 31.2 Å². The third-order valence-electron chi connectivity index (χ3n) is 2.25. The molecule has 0 saturated carbocycles.